The summed E-state index contributed by atoms with van der Waals surface area (Å²) in [7, 11) is 1.95. The first-order chi connectivity index (χ1) is 9.20. The van der Waals surface area contributed by atoms with Crippen LogP contribution in [0.2, 0.25) is 0 Å². The molecule has 1 heterocycles. The van der Waals surface area contributed by atoms with E-state index in [1.165, 1.54) is 4.90 Å². The Morgan fingerprint density at radius 2 is 2.05 bits per heavy atom. The van der Waals surface area contributed by atoms with E-state index >= 15 is 0 Å². The SMILES string of the molecule is CCSc1ccc(C(=O)CCc2nccn2C)cc1. The molecule has 0 fully saturated rings. The Morgan fingerprint density at radius 3 is 2.63 bits per heavy atom. The van der Waals surface area contributed by atoms with E-state index in [1.807, 2.05) is 42.1 Å². The second-order valence-electron chi connectivity index (χ2n) is 4.33. The third-order valence-corrected chi connectivity index (χ3v) is 3.88. The summed E-state index contributed by atoms with van der Waals surface area (Å²) in [5, 5.41) is 0. The highest BCUT2D eigenvalue weighted by Crippen LogP contribution is 2.18. The van der Waals surface area contributed by atoms with Crippen molar-refractivity contribution in [3.63, 3.8) is 0 Å². The highest BCUT2D eigenvalue weighted by molar-refractivity contribution is 7.99. The van der Waals surface area contributed by atoms with Crippen molar-refractivity contribution in [1.29, 1.82) is 0 Å². The molecule has 0 amide bonds. The molecule has 0 saturated carbocycles. The maximum absolute atomic E-state index is 12.1. The standard InChI is InChI=1S/C15H18N2OS/c1-3-19-13-6-4-12(5-7-13)14(18)8-9-15-16-10-11-17(15)2/h4-7,10-11H,3,8-9H2,1-2H3. The van der Waals surface area contributed by atoms with Gasteiger partial charge in [0, 0.05) is 42.7 Å². The Balaban J connectivity index is 1.94. The van der Waals surface area contributed by atoms with Gasteiger partial charge in [0.1, 0.15) is 5.82 Å². The quantitative estimate of drug-likeness (QED) is 0.598. The van der Waals surface area contributed by atoms with Gasteiger partial charge in [-0.05, 0) is 17.9 Å². The van der Waals surface area contributed by atoms with Gasteiger partial charge in [0.05, 0.1) is 0 Å². The number of Topliss-reactive ketones (excluding diaryl/α,β-unsaturated/α-hetero) is 1. The van der Waals surface area contributed by atoms with Crippen LogP contribution in [0.15, 0.2) is 41.6 Å². The summed E-state index contributed by atoms with van der Waals surface area (Å²) in [6.45, 7) is 2.12. The maximum atomic E-state index is 12.1. The number of aromatic nitrogens is 2. The van der Waals surface area contributed by atoms with E-state index in [0.717, 1.165) is 17.1 Å². The van der Waals surface area contributed by atoms with Crippen LogP contribution in [0, 0.1) is 0 Å². The topological polar surface area (TPSA) is 34.9 Å². The van der Waals surface area contributed by atoms with Crippen molar-refractivity contribution in [3.05, 3.63) is 48.0 Å². The van der Waals surface area contributed by atoms with Crippen LogP contribution in [0.5, 0.6) is 0 Å². The van der Waals surface area contributed by atoms with Crippen molar-refractivity contribution in [3.8, 4) is 0 Å². The largest absolute Gasteiger partial charge is 0.338 e. The van der Waals surface area contributed by atoms with Gasteiger partial charge >= 0.3 is 0 Å². The molecule has 1 aromatic heterocycles. The van der Waals surface area contributed by atoms with Crippen LogP contribution in [0.1, 0.15) is 29.5 Å². The normalized spacial score (nSPS) is 10.6. The van der Waals surface area contributed by atoms with Crippen molar-refractivity contribution in [2.45, 2.75) is 24.7 Å². The zero-order chi connectivity index (χ0) is 13.7. The molecule has 100 valence electrons. The van der Waals surface area contributed by atoms with Gasteiger partial charge in [-0.25, -0.2) is 4.98 Å². The van der Waals surface area contributed by atoms with Crippen molar-refractivity contribution < 1.29 is 4.79 Å². The number of thioether (sulfide) groups is 1. The molecule has 0 aliphatic heterocycles. The number of hydrogen-bond acceptors (Lipinski definition) is 3. The van der Waals surface area contributed by atoms with E-state index in [4.69, 9.17) is 0 Å². The molecule has 0 saturated heterocycles. The molecule has 0 aliphatic carbocycles. The molecule has 3 nitrogen and oxygen atoms in total. The first kappa shape index (κ1) is 13.9. The highest BCUT2D eigenvalue weighted by atomic mass is 32.2. The molecule has 19 heavy (non-hydrogen) atoms. The number of benzene rings is 1. The Hall–Kier alpha value is -1.55. The molecule has 1 aromatic carbocycles. The van der Waals surface area contributed by atoms with Crippen LogP contribution in [-0.2, 0) is 13.5 Å². The number of aryl methyl sites for hydroxylation is 2. The third kappa shape index (κ3) is 3.70. The zero-order valence-electron chi connectivity index (χ0n) is 11.3. The third-order valence-electron chi connectivity index (χ3n) is 2.98. The summed E-state index contributed by atoms with van der Waals surface area (Å²) in [5.74, 6) is 2.18. The molecule has 2 rings (SSSR count). The fourth-order valence-corrected chi connectivity index (χ4v) is 2.57. The summed E-state index contributed by atoms with van der Waals surface area (Å²) in [4.78, 5) is 17.5. The van der Waals surface area contributed by atoms with E-state index in [-0.39, 0.29) is 5.78 Å². The number of ketones is 1. The van der Waals surface area contributed by atoms with Crippen molar-refractivity contribution in [1.82, 2.24) is 9.55 Å². The Morgan fingerprint density at radius 1 is 1.32 bits per heavy atom. The summed E-state index contributed by atoms with van der Waals surface area (Å²) in [6.07, 6.45) is 4.85. The van der Waals surface area contributed by atoms with Gasteiger partial charge in [0.15, 0.2) is 5.78 Å². The molecule has 0 bridgehead atoms. The van der Waals surface area contributed by atoms with Crippen LogP contribution in [0.25, 0.3) is 0 Å². The Labute approximate surface area is 118 Å². The average Bonchev–Trinajstić information content (AvgIpc) is 2.83. The van der Waals surface area contributed by atoms with Gasteiger partial charge in [-0.15, -0.1) is 11.8 Å². The summed E-state index contributed by atoms with van der Waals surface area (Å²) in [5.41, 5.74) is 0.787. The van der Waals surface area contributed by atoms with Crippen molar-refractivity contribution >= 4 is 17.5 Å². The molecular weight excluding hydrogens is 256 g/mol. The lowest BCUT2D eigenvalue weighted by Crippen LogP contribution is -2.04. The van der Waals surface area contributed by atoms with Crippen LogP contribution >= 0.6 is 11.8 Å². The van der Waals surface area contributed by atoms with E-state index in [1.54, 1.807) is 18.0 Å². The smallest absolute Gasteiger partial charge is 0.163 e. The first-order valence-corrected chi connectivity index (χ1v) is 7.41. The van der Waals surface area contributed by atoms with E-state index in [2.05, 4.69) is 11.9 Å². The van der Waals surface area contributed by atoms with E-state index in [0.29, 0.717) is 12.8 Å². The predicted molar refractivity (Wildman–Crippen MR) is 78.7 cm³/mol. The fraction of sp³-hybridized carbons (Fsp3) is 0.333. The molecule has 0 aliphatic rings. The fourth-order valence-electron chi connectivity index (χ4n) is 1.91. The van der Waals surface area contributed by atoms with Gasteiger partial charge in [-0.2, -0.15) is 0 Å². The van der Waals surface area contributed by atoms with Crippen molar-refractivity contribution in [2.24, 2.45) is 7.05 Å². The lowest BCUT2D eigenvalue weighted by atomic mass is 10.1. The molecule has 0 spiro atoms. The summed E-state index contributed by atoms with van der Waals surface area (Å²) < 4.78 is 1.95. The summed E-state index contributed by atoms with van der Waals surface area (Å²) in [6, 6.07) is 7.86. The van der Waals surface area contributed by atoms with Crippen LogP contribution in [0.3, 0.4) is 0 Å². The molecule has 2 aromatic rings. The van der Waals surface area contributed by atoms with Gasteiger partial charge in [-0.1, -0.05) is 19.1 Å². The van der Waals surface area contributed by atoms with Crippen LogP contribution < -0.4 is 0 Å². The predicted octanol–water partition coefficient (Wildman–Crippen LogP) is 3.35. The Bertz CT molecular complexity index is 546. The summed E-state index contributed by atoms with van der Waals surface area (Å²) >= 11 is 1.78. The maximum Gasteiger partial charge on any atom is 0.163 e. The number of carbonyl (C=O) groups is 1. The lowest BCUT2D eigenvalue weighted by Gasteiger charge is -2.03. The molecule has 0 unspecified atom stereocenters. The second-order valence-corrected chi connectivity index (χ2v) is 5.67. The van der Waals surface area contributed by atoms with Crippen molar-refractivity contribution in [2.75, 3.05) is 5.75 Å². The Kier molecular flexibility index (Phi) is 4.80. The van der Waals surface area contributed by atoms with Gasteiger partial charge in [0.25, 0.3) is 0 Å². The molecule has 0 N–H and O–H groups in total. The second kappa shape index (κ2) is 6.57. The first-order valence-electron chi connectivity index (χ1n) is 6.43. The molecule has 0 atom stereocenters. The minimum Gasteiger partial charge on any atom is -0.338 e. The molecule has 4 heteroatoms. The van der Waals surface area contributed by atoms with Crippen LogP contribution in [0.4, 0.5) is 0 Å². The number of nitrogens with zero attached hydrogens (tertiary/aromatic N) is 2. The number of rotatable bonds is 6. The zero-order valence-corrected chi connectivity index (χ0v) is 12.1. The van der Waals surface area contributed by atoms with E-state index < -0.39 is 0 Å². The minimum absolute atomic E-state index is 0.177. The number of hydrogen-bond donors (Lipinski definition) is 0. The molecular formula is C15H18N2OS. The minimum atomic E-state index is 0.177. The monoisotopic (exact) mass is 274 g/mol. The lowest BCUT2D eigenvalue weighted by molar-refractivity contribution is 0.0982. The van der Waals surface area contributed by atoms with Crippen LogP contribution in [-0.4, -0.2) is 21.1 Å². The van der Waals surface area contributed by atoms with Gasteiger partial charge in [-0.3, -0.25) is 4.79 Å². The number of carbonyl (C=O) groups excluding carboxylic acids is 1. The van der Waals surface area contributed by atoms with E-state index in [9.17, 15) is 4.79 Å². The average molecular weight is 274 g/mol. The number of imidazole rings is 1. The molecule has 0 radical (unpaired) electrons. The van der Waals surface area contributed by atoms with Gasteiger partial charge < -0.3 is 4.57 Å². The highest BCUT2D eigenvalue weighted by Gasteiger charge is 2.08. The van der Waals surface area contributed by atoms with Gasteiger partial charge in [0.2, 0.25) is 0 Å².